The van der Waals surface area contributed by atoms with Crippen molar-refractivity contribution in [2.24, 2.45) is 5.92 Å². The van der Waals surface area contributed by atoms with Crippen molar-refractivity contribution in [3.05, 3.63) is 42.1 Å². The number of aromatic nitrogens is 2. The summed E-state index contributed by atoms with van der Waals surface area (Å²) in [7, 11) is 0. The maximum Gasteiger partial charge on any atom is 0.409 e. The number of benzene rings is 1. The van der Waals surface area contributed by atoms with Gasteiger partial charge in [-0.15, -0.1) is 0 Å². The molecule has 0 radical (unpaired) electrons. The van der Waals surface area contributed by atoms with E-state index in [4.69, 9.17) is 9.47 Å². The lowest BCUT2D eigenvalue weighted by molar-refractivity contribution is -0.138. The number of hydrogen-bond donors (Lipinski definition) is 3. The van der Waals surface area contributed by atoms with Crippen LogP contribution in [0, 0.1) is 5.92 Å². The second-order valence-electron chi connectivity index (χ2n) is 11.4. The third kappa shape index (κ3) is 10.4. The number of piperazine rings is 1. The summed E-state index contributed by atoms with van der Waals surface area (Å²) in [5.41, 5.74) is 0.701. The van der Waals surface area contributed by atoms with Gasteiger partial charge in [-0.05, 0) is 44.7 Å². The Labute approximate surface area is 263 Å². The highest BCUT2D eigenvalue weighted by Gasteiger charge is 2.31. The molecule has 13 nitrogen and oxygen atoms in total. The zero-order valence-corrected chi connectivity index (χ0v) is 25.9. The first kappa shape index (κ1) is 33.6. The normalized spacial score (nSPS) is 16.1. The van der Waals surface area contributed by atoms with Gasteiger partial charge in [0.25, 0.3) is 5.91 Å². The summed E-state index contributed by atoms with van der Waals surface area (Å²) < 4.78 is 11.4. The molecule has 1 aromatic heterocycles. The number of ether oxygens (including phenoxy) is 2. The van der Waals surface area contributed by atoms with Gasteiger partial charge >= 0.3 is 12.1 Å². The molecular formula is C32H44N6O7. The predicted molar refractivity (Wildman–Crippen MR) is 166 cm³/mol. The van der Waals surface area contributed by atoms with Gasteiger partial charge in [0, 0.05) is 44.2 Å². The number of nitrogens with one attached hydrogen (secondary N) is 2. The van der Waals surface area contributed by atoms with Gasteiger partial charge in [0.1, 0.15) is 11.7 Å². The minimum atomic E-state index is -1.10. The fourth-order valence-electron chi connectivity index (χ4n) is 5.27. The average Bonchev–Trinajstić information content (AvgIpc) is 3.07. The van der Waals surface area contributed by atoms with Crippen LogP contribution in [0.5, 0.6) is 5.88 Å². The fourth-order valence-corrected chi connectivity index (χ4v) is 5.27. The Balaban J connectivity index is 1.45. The van der Waals surface area contributed by atoms with Gasteiger partial charge in [-0.2, -0.15) is 4.98 Å². The van der Waals surface area contributed by atoms with Crippen molar-refractivity contribution in [2.45, 2.75) is 57.9 Å². The van der Waals surface area contributed by atoms with Crippen molar-refractivity contribution < 1.29 is 33.8 Å². The number of unbranched alkanes of at least 4 members (excludes halogenated alkanes) is 2. The number of nitrogens with zero attached hydrogens (tertiary/aromatic N) is 4. The number of carbonyl (C=O) groups is 4. The van der Waals surface area contributed by atoms with Crippen LogP contribution in [0.1, 0.15) is 62.4 Å². The molecule has 0 aliphatic carbocycles. The summed E-state index contributed by atoms with van der Waals surface area (Å²) in [5.74, 6) is -1.23. The second-order valence-corrected chi connectivity index (χ2v) is 11.4. The molecule has 1 aromatic carbocycles. The van der Waals surface area contributed by atoms with Gasteiger partial charge in [-0.25, -0.2) is 9.78 Å². The van der Waals surface area contributed by atoms with E-state index in [1.54, 1.807) is 4.90 Å². The molecule has 244 valence electrons. The van der Waals surface area contributed by atoms with E-state index >= 15 is 0 Å². The number of piperidine rings is 1. The van der Waals surface area contributed by atoms with E-state index in [0.29, 0.717) is 30.5 Å². The molecule has 45 heavy (non-hydrogen) atoms. The molecule has 2 fully saturated rings. The molecule has 3 N–H and O–H groups in total. The molecule has 3 amide bonds. The Morgan fingerprint density at radius 1 is 1.02 bits per heavy atom. The molecule has 0 saturated carbocycles. The molecule has 2 aromatic rings. The van der Waals surface area contributed by atoms with Crippen LogP contribution in [0.3, 0.4) is 0 Å². The Hall–Kier alpha value is -4.26. The van der Waals surface area contributed by atoms with Crippen LogP contribution in [-0.2, 0) is 14.3 Å². The van der Waals surface area contributed by atoms with Gasteiger partial charge in [-0.1, -0.05) is 50.1 Å². The van der Waals surface area contributed by atoms with Crippen molar-refractivity contribution in [3.8, 4) is 17.3 Å². The highest BCUT2D eigenvalue weighted by molar-refractivity contribution is 5.96. The van der Waals surface area contributed by atoms with E-state index in [1.807, 2.05) is 30.3 Å². The highest BCUT2D eigenvalue weighted by Crippen LogP contribution is 2.21. The van der Waals surface area contributed by atoms with Crippen molar-refractivity contribution in [3.63, 3.8) is 0 Å². The Morgan fingerprint density at radius 2 is 1.73 bits per heavy atom. The molecule has 0 bridgehead atoms. The molecule has 4 rings (SSSR count). The SMILES string of the molecule is CCCCCOC(=O)N1CCN(C(=O)[C@H](CCC(=O)O)NC(=O)c2cc(OCC3CCNCC3)nc(-c3ccccc3)n2)CC1. The Kier molecular flexibility index (Phi) is 12.9. The standard InChI is InChI=1S/C32H44N6O7/c1-2-3-7-20-44-32(43)38-18-16-37(17-19-38)31(42)25(10-11-28(39)40)35-30(41)26-21-27(45-22-23-12-14-33-15-13-23)36-29(34-26)24-8-5-4-6-9-24/h4-6,8-9,21,23,25,33H,2-3,7,10-20,22H2,1H3,(H,35,41)(H,39,40)/t25-/m0/s1. The molecule has 2 aliphatic rings. The molecule has 3 heterocycles. The van der Waals surface area contributed by atoms with E-state index in [-0.39, 0.29) is 50.6 Å². The summed E-state index contributed by atoms with van der Waals surface area (Å²) in [6.07, 6.45) is 3.93. The maximum atomic E-state index is 13.6. The monoisotopic (exact) mass is 624 g/mol. The molecule has 2 aliphatic heterocycles. The number of amides is 3. The molecule has 0 spiro atoms. The van der Waals surface area contributed by atoms with E-state index in [9.17, 15) is 24.3 Å². The van der Waals surface area contributed by atoms with Gasteiger partial charge < -0.3 is 35.0 Å². The molecule has 0 unspecified atom stereocenters. The third-order valence-corrected chi connectivity index (χ3v) is 7.97. The largest absolute Gasteiger partial charge is 0.481 e. The predicted octanol–water partition coefficient (Wildman–Crippen LogP) is 2.96. The van der Waals surface area contributed by atoms with Crippen molar-refractivity contribution in [2.75, 3.05) is 52.5 Å². The number of carbonyl (C=O) groups excluding carboxylic acids is 3. The summed E-state index contributed by atoms with van der Waals surface area (Å²) in [5, 5.41) is 15.4. The van der Waals surface area contributed by atoms with Crippen LogP contribution in [-0.4, -0.2) is 107 Å². The number of hydrogen-bond acceptors (Lipinski definition) is 9. The van der Waals surface area contributed by atoms with Crippen LogP contribution in [0.25, 0.3) is 11.4 Å². The lowest BCUT2D eigenvalue weighted by Gasteiger charge is -2.36. The lowest BCUT2D eigenvalue weighted by Crippen LogP contribution is -2.56. The quantitative estimate of drug-likeness (QED) is 0.266. The molecule has 13 heteroatoms. The summed E-state index contributed by atoms with van der Waals surface area (Å²) in [4.78, 5) is 63.0. The van der Waals surface area contributed by atoms with Crippen LogP contribution >= 0.6 is 0 Å². The fraction of sp³-hybridized carbons (Fsp3) is 0.562. The first-order valence-corrected chi connectivity index (χ1v) is 15.8. The van der Waals surface area contributed by atoms with Gasteiger partial charge in [0.15, 0.2) is 5.82 Å². The van der Waals surface area contributed by atoms with E-state index in [2.05, 4.69) is 27.5 Å². The van der Waals surface area contributed by atoms with E-state index in [1.165, 1.54) is 11.0 Å². The highest BCUT2D eigenvalue weighted by atomic mass is 16.6. The van der Waals surface area contributed by atoms with Crippen molar-refractivity contribution >= 4 is 23.9 Å². The number of aliphatic carboxylic acids is 1. The molecule has 1 atom stereocenters. The molecular weight excluding hydrogens is 580 g/mol. The van der Waals surface area contributed by atoms with Crippen molar-refractivity contribution in [1.82, 2.24) is 30.4 Å². The van der Waals surface area contributed by atoms with Crippen LogP contribution in [0.15, 0.2) is 36.4 Å². The summed E-state index contributed by atoms with van der Waals surface area (Å²) >= 11 is 0. The minimum Gasteiger partial charge on any atom is -0.481 e. The minimum absolute atomic E-state index is 0.00734. The van der Waals surface area contributed by atoms with Gasteiger partial charge in [0.2, 0.25) is 11.8 Å². The second kappa shape index (κ2) is 17.3. The summed E-state index contributed by atoms with van der Waals surface area (Å²) in [6, 6.07) is 9.55. The van der Waals surface area contributed by atoms with Crippen LogP contribution in [0.4, 0.5) is 4.79 Å². The van der Waals surface area contributed by atoms with E-state index in [0.717, 1.165) is 45.2 Å². The summed E-state index contributed by atoms with van der Waals surface area (Å²) in [6.45, 7) is 5.76. The first-order chi connectivity index (χ1) is 21.8. The number of carboxylic acids is 1. The average molecular weight is 625 g/mol. The Morgan fingerprint density at radius 3 is 2.42 bits per heavy atom. The van der Waals surface area contributed by atoms with Gasteiger partial charge in [0.05, 0.1) is 13.2 Å². The van der Waals surface area contributed by atoms with Crippen LogP contribution in [0.2, 0.25) is 0 Å². The smallest absolute Gasteiger partial charge is 0.409 e. The number of carboxylic acid groups (broad SMARTS) is 1. The van der Waals surface area contributed by atoms with Crippen molar-refractivity contribution in [1.29, 1.82) is 0 Å². The van der Waals surface area contributed by atoms with Crippen LogP contribution < -0.4 is 15.4 Å². The zero-order valence-electron chi connectivity index (χ0n) is 25.9. The number of rotatable bonds is 14. The van der Waals surface area contributed by atoms with E-state index < -0.39 is 29.9 Å². The molecule has 2 saturated heterocycles. The topological polar surface area (TPSA) is 163 Å². The maximum absolute atomic E-state index is 13.6. The first-order valence-electron chi connectivity index (χ1n) is 15.8. The Bertz CT molecular complexity index is 1280. The third-order valence-electron chi connectivity index (χ3n) is 7.97. The zero-order chi connectivity index (χ0) is 32.0. The van der Waals surface area contributed by atoms with Gasteiger partial charge in [-0.3, -0.25) is 14.4 Å². The lowest BCUT2D eigenvalue weighted by atomic mass is 9.99.